The van der Waals surface area contributed by atoms with Crippen LogP contribution in [-0.4, -0.2) is 34.0 Å². The van der Waals surface area contributed by atoms with E-state index in [0.717, 1.165) is 17.3 Å². The summed E-state index contributed by atoms with van der Waals surface area (Å²) in [6, 6.07) is 7.25. The van der Waals surface area contributed by atoms with Gasteiger partial charge >= 0.3 is 5.97 Å². The molecular formula is C14H14BrNO3. The topological polar surface area (TPSA) is 57.6 Å². The summed E-state index contributed by atoms with van der Waals surface area (Å²) in [4.78, 5) is 25.6. The van der Waals surface area contributed by atoms with Gasteiger partial charge in [0.15, 0.2) is 0 Å². The van der Waals surface area contributed by atoms with Crippen molar-refractivity contribution in [1.82, 2.24) is 4.90 Å². The van der Waals surface area contributed by atoms with Gasteiger partial charge in [-0.1, -0.05) is 12.1 Å². The normalized spacial score (nSPS) is 28.7. The van der Waals surface area contributed by atoms with E-state index in [1.165, 1.54) is 0 Å². The average molecular weight is 324 g/mol. The molecule has 2 fully saturated rings. The number of amides is 1. The van der Waals surface area contributed by atoms with Crippen molar-refractivity contribution in [3.05, 3.63) is 34.3 Å². The summed E-state index contributed by atoms with van der Waals surface area (Å²) in [5.74, 6) is -1.23. The maximum atomic E-state index is 12.6. The first-order valence-electron chi connectivity index (χ1n) is 6.39. The van der Waals surface area contributed by atoms with Gasteiger partial charge in [-0.15, -0.1) is 0 Å². The standard InChI is InChI=1S/C14H14BrNO3/c15-11-4-2-1-3-9(11)13(17)16-8-5-6-12(16)10(7-8)14(18)19/h1-4,8,10,12H,5-7H2,(H,18,19). The molecule has 3 atom stereocenters. The molecule has 0 radical (unpaired) electrons. The largest absolute Gasteiger partial charge is 0.481 e. The summed E-state index contributed by atoms with van der Waals surface area (Å²) >= 11 is 3.38. The van der Waals surface area contributed by atoms with E-state index in [2.05, 4.69) is 15.9 Å². The van der Waals surface area contributed by atoms with E-state index in [4.69, 9.17) is 0 Å². The quantitative estimate of drug-likeness (QED) is 0.909. The van der Waals surface area contributed by atoms with E-state index >= 15 is 0 Å². The Morgan fingerprint density at radius 1 is 1.26 bits per heavy atom. The predicted octanol–water partition coefficient (Wildman–Crippen LogP) is 2.53. The van der Waals surface area contributed by atoms with E-state index in [0.29, 0.717) is 12.0 Å². The molecule has 4 nitrogen and oxygen atoms in total. The number of nitrogens with zero attached hydrogens (tertiary/aromatic N) is 1. The van der Waals surface area contributed by atoms with Crippen LogP contribution in [0.5, 0.6) is 0 Å². The van der Waals surface area contributed by atoms with E-state index in [1.807, 2.05) is 18.2 Å². The molecule has 0 spiro atoms. The first-order chi connectivity index (χ1) is 9.09. The molecule has 2 bridgehead atoms. The second-order valence-corrected chi connectivity index (χ2v) is 6.03. The lowest BCUT2D eigenvalue weighted by atomic mass is 9.89. The Morgan fingerprint density at radius 2 is 2.00 bits per heavy atom. The molecule has 2 saturated heterocycles. The molecule has 2 aliphatic heterocycles. The zero-order valence-corrected chi connectivity index (χ0v) is 11.8. The number of fused-ring (bicyclic) bond motifs is 2. The maximum Gasteiger partial charge on any atom is 0.308 e. The second-order valence-electron chi connectivity index (χ2n) is 5.17. The SMILES string of the molecule is O=C(O)C1CC2CCC1N2C(=O)c1ccccc1Br. The Balaban J connectivity index is 1.90. The summed E-state index contributed by atoms with van der Waals surface area (Å²) in [5, 5.41) is 9.21. The lowest BCUT2D eigenvalue weighted by Crippen LogP contribution is -2.38. The van der Waals surface area contributed by atoms with Crippen LogP contribution in [0.3, 0.4) is 0 Å². The van der Waals surface area contributed by atoms with Crippen LogP contribution in [0, 0.1) is 5.92 Å². The maximum absolute atomic E-state index is 12.6. The van der Waals surface area contributed by atoms with Crippen molar-refractivity contribution in [2.45, 2.75) is 31.3 Å². The van der Waals surface area contributed by atoms with Gasteiger partial charge in [-0.2, -0.15) is 0 Å². The first-order valence-corrected chi connectivity index (χ1v) is 7.19. The number of carbonyl (C=O) groups is 2. The van der Waals surface area contributed by atoms with Gasteiger partial charge in [-0.3, -0.25) is 9.59 Å². The Hall–Kier alpha value is -1.36. The predicted molar refractivity (Wildman–Crippen MR) is 72.9 cm³/mol. The van der Waals surface area contributed by atoms with E-state index in [9.17, 15) is 14.7 Å². The molecule has 2 heterocycles. The van der Waals surface area contributed by atoms with E-state index in [1.54, 1.807) is 11.0 Å². The van der Waals surface area contributed by atoms with E-state index in [-0.39, 0.29) is 18.0 Å². The van der Waals surface area contributed by atoms with Crippen LogP contribution >= 0.6 is 15.9 Å². The smallest absolute Gasteiger partial charge is 0.308 e. The van der Waals surface area contributed by atoms with Crippen molar-refractivity contribution in [2.24, 2.45) is 5.92 Å². The molecule has 1 aromatic carbocycles. The Kier molecular flexibility index (Phi) is 3.09. The summed E-state index contributed by atoms with van der Waals surface area (Å²) in [7, 11) is 0. The van der Waals surface area contributed by atoms with Crippen LogP contribution in [0.1, 0.15) is 29.6 Å². The lowest BCUT2D eigenvalue weighted by molar-refractivity contribution is -0.142. The summed E-state index contributed by atoms with van der Waals surface area (Å²) in [6.45, 7) is 0. The van der Waals surface area contributed by atoms with Crippen LogP contribution in [0.15, 0.2) is 28.7 Å². The number of aliphatic carboxylic acids is 1. The van der Waals surface area contributed by atoms with Crippen LogP contribution in [0.4, 0.5) is 0 Å². The van der Waals surface area contributed by atoms with Crippen LogP contribution in [-0.2, 0) is 4.79 Å². The van der Waals surface area contributed by atoms with Crippen molar-refractivity contribution < 1.29 is 14.7 Å². The number of hydrogen-bond donors (Lipinski definition) is 1. The minimum Gasteiger partial charge on any atom is -0.481 e. The van der Waals surface area contributed by atoms with Crippen LogP contribution in [0.2, 0.25) is 0 Å². The number of carboxylic acids is 1. The van der Waals surface area contributed by atoms with Crippen LogP contribution < -0.4 is 0 Å². The van der Waals surface area contributed by atoms with Crippen molar-refractivity contribution in [2.75, 3.05) is 0 Å². The van der Waals surface area contributed by atoms with Gasteiger partial charge in [0.25, 0.3) is 5.91 Å². The van der Waals surface area contributed by atoms with Gasteiger partial charge in [0.05, 0.1) is 11.5 Å². The lowest BCUT2D eigenvalue weighted by Gasteiger charge is -2.23. The molecule has 0 saturated carbocycles. The molecule has 5 heteroatoms. The Morgan fingerprint density at radius 3 is 2.63 bits per heavy atom. The molecule has 0 aliphatic carbocycles. The highest BCUT2D eigenvalue weighted by molar-refractivity contribution is 9.10. The van der Waals surface area contributed by atoms with Gasteiger partial charge in [0.2, 0.25) is 0 Å². The van der Waals surface area contributed by atoms with Crippen molar-refractivity contribution in [1.29, 1.82) is 0 Å². The average Bonchev–Trinajstić information content (AvgIpc) is 2.96. The molecule has 19 heavy (non-hydrogen) atoms. The summed E-state index contributed by atoms with van der Waals surface area (Å²) < 4.78 is 0.762. The third-order valence-corrected chi connectivity index (χ3v) is 4.88. The molecule has 1 N–H and O–H groups in total. The number of benzene rings is 1. The number of carboxylic acid groups (broad SMARTS) is 1. The molecule has 0 aromatic heterocycles. The molecule has 3 rings (SSSR count). The zero-order chi connectivity index (χ0) is 13.6. The minimum atomic E-state index is -0.780. The monoisotopic (exact) mass is 323 g/mol. The highest BCUT2D eigenvalue weighted by Crippen LogP contribution is 2.43. The molecular weight excluding hydrogens is 310 g/mol. The van der Waals surface area contributed by atoms with E-state index < -0.39 is 11.9 Å². The Bertz CT molecular complexity index is 545. The summed E-state index contributed by atoms with van der Waals surface area (Å²) in [6.07, 6.45) is 2.32. The fourth-order valence-electron chi connectivity index (χ4n) is 3.34. The third kappa shape index (κ3) is 1.96. The van der Waals surface area contributed by atoms with Crippen molar-refractivity contribution >= 4 is 27.8 Å². The fraction of sp³-hybridized carbons (Fsp3) is 0.429. The number of rotatable bonds is 2. The molecule has 2 aliphatic rings. The zero-order valence-electron chi connectivity index (χ0n) is 10.3. The minimum absolute atomic E-state index is 0.0521. The number of hydrogen-bond acceptors (Lipinski definition) is 2. The Labute approximate surface area is 119 Å². The van der Waals surface area contributed by atoms with Gasteiger partial charge < -0.3 is 10.0 Å². The highest BCUT2D eigenvalue weighted by atomic mass is 79.9. The van der Waals surface area contributed by atoms with Crippen LogP contribution in [0.25, 0.3) is 0 Å². The number of carbonyl (C=O) groups excluding carboxylic acids is 1. The second kappa shape index (κ2) is 4.63. The fourth-order valence-corrected chi connectivity index (χ4v) is 3.80. The van der Waals surface area contributed by atoms with Gasteiger partial charge in [0.1, 0.15) is 0 Å². The molecule has 1 aromatic rings. The molecule has 100 valence electrons. The van der Waals surface area contributed by atoms with Crippen molar-refractivity contribution in [3.63, 3.8) is 0 Å². The van der Waals surface area contributed by atoms with Crippen molar-refractivity contribution in [3.8, 4) is 0 Å². The number of halogens is 1. The molecule has 3 unspecified atom stereocenters. The third-order valence-electron chi connectivity index (χ3n) is 4.19. The van der Waals surface area contributed by atoms with Gasteiger partial charge in [-0.25, -0.2) is 0 Å². The summed E-state index contributed by atoms with van der Waals surface area (Å²) in [5.41, 5.74) is 0.616. The van der Waals surface area contributed by atoms with Gasteiger partial charge in [-0.05, 0) is 47.3 Å². The van der Waals surface area contributed by atoms with Gasteiger partial charge in [0, 0.05) is 16.6 Å². The first kappa shape index (κ1) is 12.7. The highest BCUT2D eigenvalue weighted by Gasteiger charge is 2.51. The molecule has 1 amide bonds.